The lowest BCUT2D eigenvalue weighted by Crippen LogP contribution is -2.35. The van der Waals surface area contributed by atoms with Gasteiger partial charge in [-0.15, -0.1) is 11.3 Å². The largest absolute Gasteiger partial charge is 0.320 e. The van der Waals surface area contributed by atoms with Gasteiger partial charge in [-0.3, -0.25) is 4.79 Å². The quantitative estimate of drug-likeness (QED) is 0.861. The molecule has 3 N–H and O–H groups in total. The van der Waals surface area contributed by atoms with Crippen LogP contribution in [-0.2, 0) is 4.79 Å². The zero-order valence-electron chi connectivity index (χ0n) is 10.3. The minimum absolute atomic E-state index is 0.218. The van der Waals surface area contributed by atoms with E-state index in [2.05, 4.69) is 11.4 Å². The molecule has 0 aliphatic carbocycles. The van der Waals surface area contributed by atoms with E-state index in [0.29, 0.717) is 17.0 Å². The maximum absolute atomic E-state index is 11.8. The minimum Gasteiger partial charge on any atom is -0.320 e. The third-order valence-electron chi connectivity index (χ3n) is 2.67. The molecule has 0 aliphatic heterocycles. The smallest absolute Gasteiger partial charge is 0.241 e. The van der Waals surface area contributed by atoms with E-state index in [9.17, 15) is 4.79 Å². The van der Waals surface area contributed by atoms with Gasteiger partial charge in [-0.1, -0.05) is 13.3 Å². The Bertz CT molecular complexity index is 459. The fraction of sp³-hybridized carbons (Fsp3) is 0.500. The Morgan fingerprint density at radius 1 is 1.59 bits per heavy atom. The predicted molar refractivity (Wildman–Crippen MR) is 70.0 cm³/mol. The standard InChI is InChI=1S/C12H17N3OS/c1-4-5-10(14)11(16)15-12-9(6-13)7(2)8(3)17-12/h10H,4-5,14H2,1-3H3,(H,15,16)/t10-/m1/s1. The van der Waals surface area contributed by atoms with Crippen LogP contribution in [-0.4, -0.2) is 11.9 Å². The summed E-state index contributed by atoms with van der Waals surface area (Å²) in [5, 5.41) is 12.4. The molecule has 0 aliphatic rings. The molecule has 0 fully saturated rings. The molecule has 0 aromatic carbocycles. The van der Waals surface area contributed by atoms with Gasteiger partial charge in [0.15, 0.2) is 0 Å². The monoisotopic (exact) mass is 251 g/mol. The van der Waals surface area contributed by atoms with E-state index in [1.807, 2.05) is 20.8 Å². The van der Waals surface area contributed by atoms with E-state index < -0.39 is 6.04 Å². The summed E-state index contributed by atoms with van der Waals surface area (Å²) in [5.74, 6) is -0.218. The SMILES string of the molecule is CCC[C@@H](N)C(=O)Nc1sc(C)c(C)c1C#N. The highest BCUT2D eigenvalue weighted by Gasteiger charge is 2.17. The van der Waals surface area contributed by atoms with Crippen molar-refractivity contribution in [3.05, 3.63) is 16.0 Å². The highest BCUT2D eigenvalue weighted by molar-refractivity contribution is 7.16. The van der Waals surface area contributed by atoms with Gasteiger partial charge in [-0.05, 0) is 25.8 Å². The summed E-state index contributed by atoms with van der Waals surface area (Å²) in [4.78, 5) is 12.8. The van der Waals surface area contributed by atoms with E-state index in [1.54, 1.807) is 0 Å². The number of aryl methyl sites for hydroxylation is 1. The number of nitrogens with zero attached hydrogens (tertiary/aromatic N) is 1. The number of nitrogens with one attached hydrogen (secondary N) is 1. The van der Waals surface area contributed by atoms with E-state index >= 15 is 0 Å². The van der Waals surface area contributed by atoms with Crippen molar-refractivity contribution in [2.75, 3.05) is 5.32 Å². The van der Waals surface area contributed by atoms with Crippen LogP contribution >= 0.6 is 11.3 Å². The minimum atomic E-state index is -0.505. The summed E-state index contributed by atoms with van der Waals surface area (Å²) >= 11 is 1.42. The van der Waals surface area contributed by atoms with Crippen LogP contribution in [0.5, 0.6) is 0 Å². The zero-order valence-corrected chi connectivity index (χ0v) is 11.1. The number of carbonyl (C=O) groups is 1. The molecule has 0 bridgehead atoms. The third-order valence-corrected chi connectivity index (χ3v) is 3.79. The summed E-state index contributed by atoms with van der Waals surface area (Å²) in [6.45, 7) is 5.79. The first-order chi connectivity index (χ1) is 8.01. The van der Waals surface area contributed by atoms with Crippen molar-refractivity contribution < 1.29 is 4.79 Å². The lowest BCUT2D eigenvalue weighted by Gasteiger charge is -2.09. The van der Waals surface area contributed by atoms with Gasteiger partial charge < -0.3 is 11.1 Å². The van der Waals surface area contributed by atoms with Gasteiger partial charge in [0.05, 0.1) is 11.6 Å². The Morgan fingerprint density at radius 2 is 2.24 bits per heavy atom. The van der Waals surface area contributed by atoms with Crippen molar-refractivity contribution in [3.8, 4) is 6.07 Å². The fourth-order valence-corrected chi connectivity index (χ4v) is 2.51. The molecule has 4 nitrogen and oxygen atoms in total. The maximum Gasteiger partial charge on any atom is 0.241 e. The van der Waals surface area contributed by atoms with Crippen LogP contribution in [0.2, 0.25) is 0 Å². The van der Waals surface area contributed by atoms with Crippen molar-refractivity contribution in [2.45, 2.75) is 39.7 Å². The number of hydrogen-bond acceptors (Lipinski definition) is 4. The molecule has 0 saturated heterocycles. The summed E-state index contributed by atoms with van der Waals surface area (Å²) in [6.07, 6.45) is 1.51. The molecular weight excluding hydrogens is 234 g/mol. The van der Waals surface area contributed by atoms with Crippen molar-refractivity contribution in [1.82, 2.24) is 0 Å². The van der Waals surface area contributed by atoms with Crippen LogP contribution in [0.4, 0.5) is 5.00 Å². The molecule has 0 unspecified atom stereocenters. The zero-order chi connectivity index (χ0) is 13.0. The van der Waals surface area contributed by atoms with Crippen molar-refractivity contribution in [3.63, 3.8) is 0 Å². The Hall–Kier alpha value is -1.38. The molecule has 1 aromatic rings. The molecule has 1 amide bonds. The van der Waals surface area contributed by atoms with Crippen molar-refractivity contribution in [2.24, 2.45) is 5.73 Å². The van der Waals surface area contributed by atoms with E-state index in [-0.39, 0.29) is 5.91 Å². The molecule has 1 rings (SSSR count). The number of thiophene rings is 1. The summed E-state index contributed by atoms with van der Waals surface area (Å²) in [7, 11) is 0. The van der Waals surface area contributed by atoms with Gasteiger partial charge in [0, 0.05) is 4.88 Å². The van der Waals surface area contributed by atoms with E-state index in [1.165, 1.54) is 11.3 Å². The molecule has 0 spiro atoms. The lowest BCUT2D eigenvalue weighted by molar-refractivity contribution is -0.117. The molecule has 92 valence electrons. The molecule has 1 heterocycles. The van der Waals surface area contributed by atoms with Crippen molar-refractivity contribution in [1.29, 1.82) is 5.26 Å². The van der Waals surface area contributed by atoms with Crippen LogP contribution in [0.25, 0.3) is 0 Å². The average molecular weight is 251 g/mol. The number of anilines is 1. The summed E-state index contributed by atoms with van der Waals surface area (Å²) in [5.41, 5.74) is 7.20. The van der Waals surface area contributed by atoms with Gasteiger partial charge in [0.2, 0.25) is 5.91 Å². The second-order valence-corrected chi connectivity index (χ2v) is 5.21. The summed E-state index contributed by atoms with van der Waals surface area (Å²) < 4.78 is 0. The predicted octanol–water partition coefficient (Wildman–Crippen LogP) is 2.30. The van der Waals surface area contributed by atoms with Crippen LogP contribution in [0, 0.1) is 25.2 Å². The number of amides is 1. The maximum atomic E-state index is 11.8. The highest BCUT2D eigenvalue weighted by Crippen LogP contribution is 2.31. The molecule has 0 saturated carbocycles. The Labute approximate surface area is 105 Å². The number of hydrogen-bond donors (Lipinski definition) is 2. The molecule has 5 heteroatoms. The van der Waals surface area contributed by atoms with Crippen LogP contribution in [0.3, 0.4) is 0 Å². The Kier molecular flexibility index (Phi) is 4.67. The van der Waals surface area contributed by atoms with E-state index in [4.69, 9.17) is 11.0 Å². The average Bonchev–Trinajstić information content (AvgIpc) is 2.54. The van der Waals surface area contributed by atoms with Gasteiger partial charge >= 0.3 is 0 Å². The molecule has 1 aromatic heterocycles. The van der Waals surface area contributed by atoms with Gasteiger partial charge in [0.25, 0.3) is 0 Å². The second kappa shape index (κ2) is 5.80. The van der Waals surface area contributed by atoms with Gasteiger partial charge in [0.1, 0.15) is 11.1 Å². The lowest BCUT2D eigenvalue weighted by atomic mass is 10.1. The van der Waals surface area contributed by atoms with Crippen LogP contribution in [0.1, 0.15) is 35.8 Å². The van der Waals surface area contributed by atoms with E-state index in [0.717, 1.165) is 16.9 Å². The number of rotatable bonds is 4. The Balaban J connectivity index is 2.86. The molecular formula is C12H17N3OS. The first-order valence-corrected chi connectivity index (χ1v) is 6.39. The van der Waals surface area contributed by atoms with Crippen LogP contribution in [0.15, 0.2) is 0 Å². The molecule has 17 heavy (non-hydrogen) atoms. The molecule has 1 atom stereocenters. The number of nitrogens with two attached hydrogens (primary N) is 1. The van der Waals surface area contributed by atoms with Crippen molar-refractivity contribution >= 4 is 22.2 Å². The third kappa shape index (κ3) is 3.05. The first kappa shape index (κ1) is 13.7. The van der Waals surface area contributed by atoms with Gasteiger partial charge in [-0.25, -0.2) is 0 Å². The van der Waals surface area contributed by atoms with Crippen LogP contribution < -0.4 is 11.1 Å². The normalized spacial score (nSPS) is 11.9. The molecule has 0 radical (unpaired) electrons. The fourth-order valence-electron chi connectivity index (χ4n) is 1.50. The second-order valence-electron chi connectivity index (χ2n) is 3.98. The number of nitriles is 1. The van der Waals surface area contributed by atoms with Gasteiger partial charge in [-0.2, -0.15) is 5.26 Å². The highest BCUT2D eigenvalue weighted by atomic mass is 32.1. The topological polar surface area (TPSA) is 78.9 Å². The summed E-state index contributed by atoms with van der Waals surface area (Å²) in [6, 6.07) is 1.61. The number of carbonyl (C=O) groups excluding carboxylic acids is 1. The first-order valence-electron chi connectivity index (χ1n) is 5.57. The Morgan fingerprint density at radius 3 is 2.76 bits per heavy atom.